The van der Waals surface area contributed by atoms with E-state index in [-0.39, 0.29) is 42.7 Å². The van der Waals surface area contributed by atoms with Gasteiger partial charge in [0, 0.05) is 118 Å². The van der Waals surface area contributed by atoms with Crippen LogP contribution in [-0.4, -0.2) is 280 Å². The molecule has 1 aromatic carbocycles. The molecule has 1 heterocycles. The lowest BCUT2D eigenvalue weighted by atomic mass is 10.3. The van der Waals surface area contributed by atoms with E-state index in [9.17, 15) is 43.2 Å². The summed E-state index contributed by atoms with van der Waals surface area (Å²) in [4.78, 5) is 101. The number of carbonyl (C=O) groups is 9. The van der Waals surface area contributed by atoms with Gasteiger partial charge in [-0.1, -0.05) is 18.2 Å². The van der Waals surface area contributed by atoms with Crippen molar-refractivity contribution in [3.05, 3.63) is 30.3 Å². The van der Waals surface area contributed by atoms with E-state index in [1.54, 1.807) is 63.3 Å². The van der Waals surface area contributed by atoms with Gasteiger partial charge >= 0.3 is 48.5 Å². The van der Waals surface area contributed by atoms with E-state index in [4.69, 9.17) is 30.8 Å². The molecular weight excluding hydrogens is 1170 g/mol. The number of nitrogens with zero attached hydrogens (tertiary/aromatic N) is 4. The fourth-order valence-electron chi connectivity index (χ4n) is 3.02. The number of amides is 13. The molecule has 0 saturated carbocycles. The summed E-state index contributed by atoms with van der Waals surface area (Å²) in [6.07, 6.45) is 1.25. The molecule has 37 heteroatoms. The second-order valence-electron chi connectivity index (χ2n) is 14.3. The molecule has 13 amide bonds. The molecule has 0 radical (unpaired) electrons. The van der Waals surface area contributed by atoms with E-state index >= 15 is 0 Å². The number of rotatable bonds is 13. The molecule has 1 aliphatic heterocycles. The van der Waals surface area contributed by atoms with Gasteiger partial charge in [0.05, 0.1) is 40.1 Å². The highest BCUT2D eigenvalue weighted by atomic mass is 32.2. The Kier molecular flexibility index (Phi) is 109. The van der Waals surface area contributed by atoms with E-state index in [1.165, 1.54) is 87.0 Å². The topological polar surface area (TPSA) is 509 Å². The van der Waals surface area contributed by atoms with Crippen LogP contribution >= 0.6 is 11.8 Å². The molecule has 0 atom stereocenters. The lowest BCUT2D eigenvalue weighted by Crippen LogP contribution is -2.31. The third-order valence-electron chi connectivity index (χ3n) is 7.29. The molecule has 1 fully saturated rings. The van der Waals surface area contributed by atoms with Crippen LogP contribution in [0.4, 0.5) is 44.0 Å². The first kappa shape index (κ1) is 104. The van der Waals surface area contributed by atoms with E-state index in [2.05, 4.69) is 119 Å². The first-order valence-electron chi connectivity index (χ1n) is 26.0. The molecule has 2 rings (SSSR count). The maximum Gasteiger partial charge on any atom is 0.406 e. The summed E-state index contributed by atoms with van der Waals surface area (Å²) in [5.74, 6) is 1.42. The standard InChI is InChI=1S/C8H10N2O.C8H17NO4.C6H15NS.C4H8N2O.C4H10N2O.C4H9NO2.C3H8N2O.C3H7NO2.C3H7NO.C2H7N3.C2H6N2O.C2H5NO2.CH5N/c1-9-8(11)10-7-5-3-2-4-6-7;1-3-11-4-5-12-6-7-13-8(10)9-2;1-7(2)5-4-6-8-3;1-5-4-6-2-3-7-4;1-5-4(7)6(2)3;1-3-7-4(6)5-2;1-4-3(6)5-2;1-4-3(5)6-2;1-3(5)4-2;1-5-2(3)4;1-4-2(3)5;1-3-2(4)5;1-2/h2-6H,1H3,(H2,9,10,11);3-7H2,1-2H3,(H,9,10);4-6H2,1-3H3;2-3H2,1H3,(H,5,6);1-3H3,(H,5,7);3H2,1-2H3,(H,5,6);1-2H3,(H2,4,5,6);1-2H3,(H,4,5);1-2H3,(H,4,5);1H3,(H4,3,4,5);1H3,(H3,3,4,5);3H,1H3,(H,4,5);2H2,1H3. The average molecular weight is 1280 g/mol. The smallest absolute Gasteiger partial charge is 0.406 e. The number of thioether (sulfide) groups is 1. The average Bonchev–Trinajstić information content (AvgIpc) is 4.10. The number of hydrogen-bond acceptors (Lipinski definition) is 20. The van der Waals surface area contributed by atoms with E-state index < -0.39 is 24.3 Å². The van der Waals surface area contributed by atoms with Crippen molar-refractivity contribution in [1.29, 1.82) is 0 Å². The minimum atomic E-state index is -0.995. The Labute approximate surface area is 521 Å². The predicted molar refractivity (Wildman–Crippen MR) is 348 cm³/mol. The second-order valence-corrected chi connectivity index (χ2v) is 15.3. The van der Waals surface area contributed by atoms with Crippen LogP contribution in [0.5, 0.6) is 0 Å². The molecule has 1 aliphatic rings. The van der Waals surface area contributed by atoms with Gasteiger partial charge in [0.15, 0.2) is 5.96 Å². The van der Waals surface area contributed by atoms with Crippen LogP contribution in [0.2, 0.25) is 0 Å². The molecule has 1 saturated heterocycles. The Morgan fingerprint density at radius 2 is 1.09 bits per heavy atom. The Morgan fingerprint density at radius 1 is 0.655 bits per heavy atom. The number of nitrogens with one attached hydrogen (secondary N) is 12. The largest absolute Gasteiger partial charge is 0.465 e. The van der Waals surface area contributed by atoms with Crippen LogP contribution < -0.4 is 86.7 Å². The fourth-order valence-corrected chi connectivity index (χ4v) is 3.44. The first-order chi connectivity index (χ1) is 41.0. The molecule has 0 aromatic heterocycles. The maximum absolute atomic E-state index is 10.8. The summed E-state index contributed by atoms with van der Waals surface area (Å²) in [5.41, 5.74) is 19.5. The van der Waals surface area contributed by atoms with Crippen molar-refractivity contribution in [2.45, 2.75) is 27.2 Å². The summed E-state index contributed by atoms with van der Waals surface area (Å²) < 4.78 is 28.4. The number of urea groups is 4. The summed E-state index contributed by atoms with van der Waals surface area (Å²) in [7, 11) is 29.0. The molecule has 516 valence electrons. The van der Waals surface area contributed by atoms with Gasteiger partial charge < -0.3 is 130 Å². The second kappa shape index (κ2) is 91.3. The lowest BCUT2D eigenvalue weighted by Gasteiger charge is -2.06. The molecule has 1 aromatic rings. The Hall–Kier alpha value is -8.42. The number of guanidine groups is 1. The van der Waals surface area contributed by atoms with Gasteiger partial charge in [-0.3, -0.25) is 9.79 Å². The zero-order chi connectivity index (χ0) is 70.2. The van der Waals surface area contributed by atoms with Crippen LogP contribution in [0.1, 0.15) is 27.2 Å². The third kappa shape index (κ3) is 134. The van der Waals surface area contributed by atoms with Crippen molar-refractivity contribution in [3.8, 4) is 0 Å². The number of carbonyl (C=O) groups excluding carboxylic acids is 8. The number of amidine groups is 1. The van der Waals surface area contributed by atoms with Crippen LogP contribution in [-0.2, 0) is 33.2 Å². The number of alkyl carbamates (subject to hydrolysis) is 3. The highest BCUT2D eigenvalue weighted by Crippen LogP contribution is 2.03. The number of para-hydroxylation sites is 1. The van der Waals surface area contributed by atoms with Gasteiger partial charge in [-0.25, -0.2) is 43.3 Å². The maximum atomic E-state index is 10.8. The normalized spacial score (nSPS) is 9.31. The van der Waals surface area contributed by atoms with Gasteiger partial charge in [0.25, 0.3) is 6.02 Å². The molecule has 0 aliphatic carbocycles. The number of ether oxygens (including phenoxy) is 6. The van der Waals surface area contributed by atoms with E-state index in [1.807, 2.05) is 54.3 Å². The number of anilines is 1. The van der Waals surface area contributed by atoms with E-state index in [0.29, 0.717) is 39.1 Å². The van der Waals surface area contributed by atoms with Crippen molar-refractivity contribution in [3.63, 3.8) is 0 Å². The minimum absolute atomic E-state index is 0.00463. The van der Waals surface area contributed by atoms with E-state index in [0.717, 1.165) is 18.8 Å². The summed E-state index contributed by atoms with van der Waals surface area (Å²) >= 11 is 1.92. The number of methoxy groups -OCH3 is 1. The molecule has 36 nitrogen and oxygen atoms in total. The Balaban J connectivity index is -0.0000000813. The molecule has 0 bridgehead atoms. The zero-order valence-electron chi connectivity index (χ0n) is 55.7. The van der Waals surface area contributed by atoms with Crippen LogP contribution in [0.3, 0.4) is 0 Å². The minimum Gasteiger partial charge on any atom is -0.465 e. The van der Waals surface area contributed by atoms with Crippen molar-refractivity contribution in [1.82, 2.24) is 68.3 Å². The predicted octanol–water partition coefficient (Wildman–Crippen LogP) is -0.121. The number of carboxylic acid groups (broad SMARTS) is 1. The van der Waals surface area contributed by atoms with Gasteiger partial charge in [-0.05, 0) is 72.1 Å². The highest BCUT2D eigenvalue weighted by Gasteiger charge is 2.04. The fraction of sp³-hybridized carbons (Fsp3) is 0.660. The number of aliphatic imine (C=N–C) groups is 2. The molecule has 21 N–H and O–H groups in total. The lowest BCUT2D eigenvalue weighted by molar-refractivity contribution is -0.118. The SMILES string of the molecule is CCOC(=O)NC.CCOCCOCCOC(=O)NC.CN.CN=C(N)N.CN=C1NCCO1.CNC(=O)N(C)C.CNC(=O)NC.CNC(=O)Nc1ccccc1.CNC(=O)O.CNC(=O)OC.CNC(C)=O.CNC(N)=O.CSCCCN(C)C. The van der Waals surface area contributed by atoms with Crippen molar-refractivity contribution in [2.24, 2.45) is 32.9 Å². The van der Waals surface area contributed by atoms with Crippen LogP contribution in [0.25, 0.3) is 0 Å². The zero-order valence-corrected chi connectivity index (χ0v) is 56.6. The Bertz CT molecular complexity index is 1710. The van der Waals surface area contributed by atoms with Gasteiger partial charge in [0.1, 0.15) is 13.2 Å². The number of nitrogens with two attached hydrogens (primary N) is 4. The van der Waals surface area contributed by atoms with Crippen molar-refractivity contribution >= 4 is 83.8 Å². The molecule has 0 unspecified atom stereocenters. The quantitative estimate of drug-likeness (QED) is 0.0530. The highest BCUT2D eigenvalue weighted by molar-refractivity contribution is 7.98. The molecule has 87 heavy (non-hydrogen) atoms. The third-order valence-corrected chi connectivity index (χ3v) is 7.98. The van der Waals surface area contributed by atoms with Crippen molar-refractivity contribution < 1.29 is 76.7 Å². The summed E-state index contributed by atoms with van der Waals surface area (Å²) in [5, 5.41) is 36.2. The summed E-state index contributed by atoms with van der Waals surface area (Å²) in [6, 6.07) is 9.03. The first-order valence-corrected chi connectivity index (χ1v) is 27.4. The van der Waals surface area contributed by atoms with Crippen LogP contribution in [0.15, 0.2) is 40.3 Å². The monoisotopic (exact) mass is 1280 g/mol. The Morgan fingerprint density at radius 3 is 1.32 bits per heavy atom. The number of benzene rings is 1. The molecule has 0 spiro atoms. The van der Waals surface area contributed by atoms with Gasteiger partial charge in [-0.15, -0.1) is 0 Å². The van der Waals surface area contributed by atoms with Gasteiger partial charge in [0.2, 0.25) is 5.91 Å². The number of primary amides is 1. The van der Waals surface area contributed by atoms with Gasteiger partial charge in [-0.2, -0.15) is 11.8 Å². The molecular formula is C50H114N20O16S. The summed E-state index contributed by atoms with van der Waals surface area (Å²) in [6.45, 7) is 10.9. The van der Waals surface area contributed by atoms with Crippen LogP contribution in [0, 0.1) is 0 Å². The number of hydrogen-bond donors (Lipinski definition) is 17. The van der Waals surface area contributed by atoms with Crippen molar-refractivity contribution in [2.75, 3.05) is 204 Å².